The van der Waals surface area contributed by atoms with Crippen molar-refractivity contribution < 1.29 is 9.18 Å². The van der Waals surface area contributed by atoms with Crippen LogP contribution in [0.2, 0.25) is 0 Å². The molecule has 1 aliphatic carbocycles. The Balaban J connectivity index is 1.70. The summed E-state index contributed by atoms with van der Waals surface area (Å²) in [5.74, 6) is -0.250. The van der Waals surface area contributed by atoms with Crippen molar-refractivity contribution in [1.82, 2.24) is 15.5 Å². The van der Waals surface area contributed by atoms with Crippen molar-refractivity contribution in [3.63, 3.8) is 0 Å². The first-order chi connectivity index (χ1) is 9.20. The van der Waals surface area contributed by atoms with Gasteiger partial charge in [-0.3, -0.25) is 0 Å². The lowest BCUT2D eigenvalue weighted by atomic mass is 10.1. The number of nitrogens with one attached hydrogen (secondary N) is 2. The van der Waals surface area contributed by atoms with Gasteiger partial charge in [-0.05, 0) is 30.5 Å². The van der Waals surface area contributed by atoms with E-state index < -0.39 is 0 Å². The molecule has 0 atom stereocenters. The molecule has 2 aliphatic rings. The molecule has 19 heavy (non-hydrogen) atoms. The number of urea groups is 1. The first kappa shape index (κ1) is 12.4. The van der Waals surface area contributed by atoms with E-state index in [1.165, 1.54) is 12.1 Å². The van der Waals surface area contributed by atoms with Gasteiger partial charge < -0.3 is 15.5 Å². The van der Waals surface area contributed by atoms with Crippen LogP contribution in [-0.4, -0.2) is 37.1 Å². The Morgan fingerprint density at radius 3 is 2.68 bits per heavy atom. The largest absolute Gasteiger partial charge is 0.328 e. The highest BCUT2D eigenvalue weighted by molar-refractivity contribution is 5.76. The zero-order chi connectivity index (χ0) is 13.3. The van der Waals surface area contributed by atoms with E-state index in [1.54, 1.807) is 6.07 Å². The van der Waals surface area contributed by atoms with E-state index >= 15 is 0 Å². The fourth-order valence-electron chi connectivity index (χ4n) is 2.55. The van der Waals surface area contributed by atoms with Crippen molar-refractivity contribution in [3.8, 4) is 0 Å². The maximum atomic E-state index is 13.3. The summed E-state index contributed by atoms with van der Waals surface area (Å²) < 4.78 is 13.3. The number of hydrogen-bond donors (Lipinski definition) is 2. The number of carbonyl (C=O) groups is 1. The van der Waals surface area contributed by atoms with Gasteiger partial charge >= 0.3 is 6.03 Å². The third kappa shape index (κ3) is 2.56. The summed E-state index contributed by atoms with van der Waals surface area (Å²) in [5, 5.41) is 6.29. The lowest BCUT2D eigenvalue weighted by molar-refractivity contribution is 0.185. The highest BCUT2D eigenvalue weighted by Crippen LogP contribution is 2.45. The second-order valence-corrected chi connectivity index (χ2v) is 5.26. The second-order valence-electron chi connectivity index (χ2n) is 5.26. The van der Waals surface area contributed by atoms with Crippen molar-refractivity contribution >= 4 is 6.03 Å². The number of hydrogen-bond acceptors (Lipinski definition) is 2. The molecule has 2 N–H and O–H groups in total. The Bertz CT molecular complexity index is 481. The minimum absolute atomic E-state index is 0.0386. The van der Waals surface area contributed by atoms with Crippen molar-refractivity contribution in [2.75, 3.05) is 26.2 Å². The minimum Gasteiger partial charge on any atom is -0.328 e. The van der Waals surface area contributed by atoms with Gasteiger partial charge in [-0.25, -0.2) is 9.18 Å². The molecule has 3 rings (SSSR count). The summed E-state index contributed by atoms with van der Waals surface area (Å²) in [6.07, 6.45) is 1.77. The number of halogens is 1. The van der Waals surface area contributed by atoms with E-state index in [-0.39, 0.29) is 17.4 Å². The molecular weight excluding hydrogens is 245 g/mol. The van der Waals surface area contributed by atoms with Crippen LogP contribution in [0.15, 0.2) is 24.3 Å². The molecule has 2 amide bonds. The summed E-state index contributed by atoms with van der Waals surface area (Å²) in [6, 6.07) is 6.49. The van der Waals surface area contributed by atoms with Gasteiger partial charge in [-0.2, -0.15) is 0 Å². The van der Waals surface area contributed by atoms with Crippen molar-refractivity contribution in [2.24, 2.45) is 0 Å². The Labute approximate surface area is 112 Å². The third-order valence-electron chi connectivity index (χ3n) is 3.88. The lowest BCUT2D eigenvalue weighted by Gasteiger charge is -2.30. The fraction of sp³-hybridized carbons (Fsp3) is 0.500. The highest BCUT2D eigenvalue weighted by atomic mass is 19.1. The molecule has 102 valence electrons. The van der Waals surface area contributed by atoms with Crippen molar-refractivity contribution in [3.05, 3.63) is 35.6 Å². The van der Waals surface area contributed by atoms with Gasteiger partial charge in [0.1, 0.15) is 5.82 Å². The predicted molar refractivity (Wildman–Crippen MR) is 70.3 cm³/mol. The number of nitrogens with zero attached hydrogens (tertiary/aromatic N) is 1. The van der Waals surface area contributed by atoms with E-state index in [1.807, 2.05) is 11.0 Å². The molecule has 1 aromatic carbocycles. The average molecular weight is 263 g/mol. The smallest absolute Gasteiger partial charge is 0.318 e. The Hall–Kier alpha value is -1.62. The Kier molecular flexibility index (Phi) is 3.14. The highest BCUT2D eigenvalue weighted by Gasteiger charge is 2.46. The van der Waals surface area contributed by atoms with Crippen LogP contribution in [-0.2, 0) is 5.54 Å². The molecule has 5 heteroatoms. The summed E-state index contributed by atoms with van der Waals surface area (Å²) in [5.41, 5.74) is 0.528. The molecule has 4 nitrogen and oxygen atoms in total. The first-order valence-electron chi connectivity index (χ1n) is 6.73. The van der Waals surface area contributed by atoms with Crippen LogP contribution >= 0.6 is 0 Å². The molecule has 1 heterocycles. The van der Waals surface area contributed by atoms with Gasteiger partial charge in [-0.15, -0.1) is 0 Å². The van der Waals surface area contributed by atoms with Crippen LogP contribution in [0.25, 0.3) is 0 Å². The monoisotopic (exact) mass is 263 g/mol. The molecule has 0 aromatic heterocycles. The van der Waals surface area contributed by atoms with E-state index in [9.17, 15) is 9.18 Å². The van der Waals surface area contributed by atoms with Crippen LogP contribution in [0.5, 0.6) is 0 Å². The minimum atomic E-state index is -0.343. The van der Waals surface area contributed by atoms with Crippen LogP contribution in [0.4, 0.5) is 9.18 Å². The maximum absolute atomic E-state index is 13.3. The van der Waals surface area contributed by atoms with Crippen molar-refractivity contribution in [2.45, 2.75) is 18.4 Å². The van der Waals surface area contributed by atoms with Crippen LogP contribution in [0, 0.1) is 5.82 Å². The maximum Gasteiger partial charge on any atom is 0.318 e. The Morgan fingerprint density at radius 2 is 2.05 bits per heavy atom. The van der Waals surface area contributed by atoms with Crippen LogP contribution < -0.4 is 10.6 Å². The van der Waals surface area contributed by atoms with Crippen LogP contribution in [0.1, 0.15) is 18.4 Å². The molecule has 0 radical (unpaired) electrons. The molecule has 1 aliphatic heterocycles. The van der Waals surface area contributed by atoms with Crippen molar-refractivity contribution in [1.29, 1.82) is 0 Å². The van der Waals surface area contributed by atoms with E-state index in [0.29, 0.717) is 0 Å². The first-order valence-corrected chi connectivity index (χ1v) is 6.73. The Morgan fingerprint density at radius 1 is 1.32 bits per heavy atom. The van der Waals surface area contributed by atoms with Gasteiger partial charge in [0.2, 0.25) is 0 Å². The summed E-state index contributed by atoms with van der Waals surface area (Å²) in [7, 11) is 0. The summed E-state index contributed by atoms with van der Waals surface area (Å²) >= 11 is 0. The molecule has 2 fully saturated rings. The standard InChI is InChI=1S/C14H18FN3O/c15-12-3-1-2-11(10-12)14(4-5-14)17-13(19)18-8-6-16-7-9-18/h1-3,10,16H,4-9H2,(H,17,19). The molecule has 0 spiro atoms. The molecule has 0 bridgehead atoms. The van der Waals surface area contributed by atoms with Gasteiger partial charge in [0.15, 0.2) is 0 Å². The summed E-state index contributed by atoms with van der Waals surface area (Å²) in [6.45, 7) is 3.12. The lowest BCUT2D eigenvalue weighted by Crippen LogP contribution is -2.52. The number of carbonyl (C=O) groups excluding carboxylic acids is 1. The van der Waals surface area contributed by atoms with Crippen LogP contribution in [0.3, 0.4) is 0 Å². The average Bonchev–Trinajstić information content (AvgIpc) is 3.21. The quantitative estimate of drug-likeness (QED) is 0.848. The van der Waals surface area contributed by atoms with E-state index in [0.717, 1.165) is 44.6 Å². The van der Waals surface area contributed by atoms with Gasteiger partial charge in [0, 0.05) is 26.2 Å². The SMILES string of the molecule is O=C(NC1(c2cccc(F)c2)CC1)N1CCNCC1. The summed E-state index contributed by atoms with van der Waals surface area (Å²) in [4.78, 5) is 14.0. The van der Waals surface area contributed by atoms with E-state index in [4.69, 9.17) is 0 Å². The zero-order valence-corrected chi connectivity index (χ0v) is 10.8. The fourth-order valence-corrected chi connectivity index (χ4v) is 2.55. The third-order valence-corrected chi connectivity index (χ3v) is 3.88. The normalized spacial score (nSPS) is 21.0. The van der Waals surface area contributed by atoms with E-state index in [2.05, 4.69) is 10.6 Å². The number of benzene rings is 1. The van der Waals surface area contributed by atoms with Gasteiger partial charge in [0.25, 0.3) is 0 Å². The molecule has 0 unspecified atom stereocenters. The van der Waals surface area contributed by atoms with Gasteiger partial charge in [-0.1, -0.05) is 12.1 Å². The number of amides is 2. The molecular formula is C14H18FN3O. The molecule has 1 aromatic rings. The zero-order valence-electron chi connectivity index (χ0n) is 10.8. The molecule has 1 saturated carbocycles. The molecule has 1 saturated heterocycles. The topological polar surface area (TPSA) is 44.4 Å². The number of piperazine rings is 1. The second kappa shape index (κ2) is 4.81. The van der Waals surface area contributed by atoms with Gasteiger partial charge in [0.05, 0.1) is 5.54 Å². The predicted octanol–water partition coefficient (Wildman–Crippen LogP) is 1.43. The number of rotatable bonds is 2.